The van der Waals surface area contributed by atoms with Gasteiger partial charge in [0.05, 0.1) is 27.6 Å². The Bertz CT molecular complexity index is 1240. The van der Waals surface area contributed by atoms with Crippen LogP contribution < -0.4 is 4.90 Å². The van der Waals surface area contributed by atoms with Gasteiger partial charge in [0, 0.05) is 24.9 Å². The first-order chi connectivity index (χ1) is 13.3. The molecule has 0 unspecified atom stereocenters. The van der Waals surface area contributed by atoms with E-state index in [2.05, 4.69) is 16.0 Å². The minimum absolute atomic E-state index is 0.117. The van der Waals surface area contributed by atoms with Gasteiger partial charge in [0.1, 0.15) is 0 Å². The highest BCUT2D eigenvalue weighted by molar-refractivity contribution is 7.90. The number of nitrogens with zero attached hydrogens (tertiary/aromatic N) is 3. The minimum atomic E-state index is -3.38. The molecule has 0 atom stereocenters. The molecule has 0 amide bonds. The summed E-state index contributed by atoms with van der Waals surface area (Å²) in [6.45, 7) is 1.31. The molecule has 0 bridgehead atoms. The first-order valence-electron chi connectivity index (χ1n) is 8.42. The summed E-state index contributed by atoms with van der Waals surface area (Å²) in [6, 6.07) is 13.8. The predicted molar refractivity (Wildman–Crippen MR) is 106 cm³/mol. The van der Waals surface area contributed by atoms with Gasteiger partial charge in [0.25, 0.3) is 0 Å². The lowest BCUT2D eigenvalue weighted by atomic mass is 10.1. The fraction of sp³-hybridized carbons (Fsp3) is 0.150. The van der Waals surface area contributed by atoms with Crippen LogP contribution in [0.3, 0.4) is 0 Å². The van der Waals surface area contributed by atoms with Crippen molar-refractivity contribution in [2.24, 2.45) is 0 Å². The maximum absolute atomic E-state index is 12.8. The molecule has 28 heavy (non-hydrogen) atoms. The molecule has 0 aliphatic carbocycles. The molecular weight excluding hydrogens is 394 g/mol. The number of thiazole rings is 1. The standard InChI is InChI=1S/C20H15N3O3S2/c1-28(25,26)17-4-2-3-14(8-17)19(24)18-10-22-20(27-18)23-11-15-6-5-13(9-21)7-16(15)12-23/h2-8,10H,11-12H2,1H3. The van der Waals surface area contributed by atoms with Crippen LogP contribution in [-0.4, -0.2) is 25.4 Å². The van der Waals surface area contributed by atoms with E-state index in [0.717, 1.165) is 22.5 Å². The van der Waals surface area contributed by atoms with Gasteiger partial charge < -0.3 is 4.90 Å². The van der Waals surface area contributed by atoms with Crippen LogP contribution in [0.1, 0.15) is 31.9 Å². The number of ketones is 1. The molecule has 0 spiro atoms. The molecule has 2 aromatic carbocycles. The number of hydrogen-bond donors (Lipinski definition) is 0. The number of carbonyl (C=O) groups excluding carboxylic acids is 1. The van der Waals surface area contributed by atoms with Crippen molar-refractivity contribution in [3.8, 4) is 6.07 Å². The van der Waals surface area contributed by atoms with Crippen molar-refractivity contribution in [2.45, 2.75) is 18.0 Å². The second-order valence-electron chi connectivity index (χ2n) is 6.59. The van der Waals surface area contributed by atoms with Crippen LogP contribution in [0.5, 0.6) is 0 Å². The molecular formula is C20H15N3O3S2. The Morgan fingerprint density at radius 3 is 2.71 bits per heavy atom. The van der Waals surface area contributed by atoms with Gasteiger partial charge in [-0.3, -0.25) is 4.79 Å². The molecule has 2 heterocycles. The molecule has 8 heteroatoms. The van der Waals surface area contributed by atoms with Crippen LogP contribution >= 0.6 is 11.3 Å². The zero-order chi connectivity index (χ0) is 19.9. The van der Waals surface area contributed by atoms with E-state index < -0.39 is 9.84 Å². The van der Waals surface area contributed by atoms with Gasteiger partial charge in [-0.25, -0.2) is 13.4 Å². The number of carbonyl (C=O) groups is 1. The van der Waals surface area contributed by atoms with Crippen LogP contribution in [0, 0.1) is 11.3 Å². The van der Waals surface area contributed by atoms with Gasteiger partial charge in [-0.05, 0) is 35.4 Å². The summed E-state index contributed by atoms with van der Waals surface area (Å²) in [5.74, 6) is -0.252. The third-order valence-corrected chi connectivity index (χ3v) is 6.74. The second kappa shape index (κ2) is 6.86. The summed E-state index contributed by atoms with van der Waals surface area (Å²) >= 11 is 1.28. The summed E-state index contributed by atoms with van der Waals surface area (Å²) in [4.78, 5) is 19.8. The third kappa shape index (κ3) is 3.42. The number of benzene rings is 2. The van der Waals surface area contributed by atoms with Crippen LogP contribution in [0.15, 0.2) is 53.6 Å². The summed E-state index contributed by atoms with van der Waals surface area (Å²) in [5.41, 5.74) is 3.17. The van der Waals surface area contributed by atoms with E-state index in [1.54, 1.807) is 18.2 Å². The SMILES string of the molecule is CS(=O)(=O)c1cccc(C(=O)c2cnc(N3Cc4ccc(C#N)cc4C3)s2)c1. The Balaban J connectivity index is 1.57. The van der Waals surface area contributed by atoms with Crippen molar-refractivity contribution in [1.29, 1.82) is 5.26 Å². The lowest BCUT2D eigenvalue weighted by Crippen LogP contribution is -2.13. The molecule has 0 radical (unpaired) electrons. The monoisotopic (exact) mass is 409 g/mol. The summed E-state index contributed by atoms with van der Waals surface area (Å²) in [6.07, 6.45) is 2.64. The second-order valence-corrected chi connectivity index (χ2v) is 9.61. The van der Waals surface area contributed by atoms with Gasteiger partial charge in [-0.1, -0.05) is 29.5 Å². The maximum atomic E-state index is 12.8. The molecule has 6 nitrogen and oxygen atoms in total. The number of sulfone groups is 1. The Kier molecular flexibility index (Phi) is 4.49. The van der Waals surface area contributed by atoms with Gasteiger partial charge in [-0.15, -0.1) is 0 Å². The molecule has 1 aliphatic rings. The van der Waals surface area contributed by atoms with Crippen LogP contribution in [0.2, 0.25) is 0 Å². The van der Waals surface area contributed by atoms with Crippen LogP contribution in [-0.2, 0) is 22.9 Å². The van der Waals surface area contributed by atoms with E-state index in [0.29, 0.717) is 29.1 Å². The topological polar surface area (TPSA) is 91.1 Å². The molecule has 1 aliphatic heterocycles. The van der Waals surface area contributed by atoms with Crippen molar-refractivity contribution in [2.75, 3.05) is 11.2 Å². The number of fused-ring (bicyclic) bond motifs is 1. The highest BCUT2D eigenvalue weighted by Crippen LogP contribution is 2.32. The fourth-order valence-corrected chi connectivity index (χ4v) is 4.67. The number of aromatic nitrogens is 1. The molecule has 0 saturated carbocycles. The molecule has 3 aromatic rings. The first-order valence-corrected chi connectivity index (χ1v) is 11.1. The zero-order valence-corrected chi connectivity index (χ0v) is 16.5. The van der Waals surface area contributed by atoms with E-state index in [-0.39, 0.29) is 10.7 Å². The number of rotatable bonds is 4. The Labute approximate surface area is 166 Å². The minimum Gasteiger partial charge on any atom is -0.339 e. The van der Waals surface area contributed by atoms with E-state index in [9.17, 15) is 13.2 Å². The number of anilines is 1. The van der Waals surface area contributed by atoms with E-state index in [1.807, 2.05) is 12.1 Å². The Hall–Kier alpha value is -3.02. The lowest BCUT2D eigenvalue weighted by Gasteiger charge is -2.12. The highest BCUT2D eigenvalue weighted by Gasteiger charge is 2.23. The number of hydrogen-bond acceptors (Lipinski definition) is 7. The lowest BCUT2D eigenvalue weighted by molar-refractivity contribution is 0.104. The molecule has 4 rings (SSSR count). The molecule has 140 valence electrons. The highest BCUT2D eigenvalue weighted by atomic mass is 32.2. The summed E-state index contributed by atoms with van der Waals surface area (Å²) in [5, 5.41) is 9.76. The van der Waals surface area contributed by atoms with E-state index >= 15 is 0 Å². The van der Waals surface area contributed by atoms with Crippen LogP contribution in [0.25, 0.3) is 0 Å². The van der Waals surface area contributed by atoms with Gasteiger partial charge in [-0.2, -0.15) is 5.26 Å². The molecule has 0 saturated heterocycles. The van der Waals surface area contributed by atoms with Gasteiger partial charge in [0.2, 0.25) is 5.78 Å². The summed E-state index contributed by atoms with van der Waals surface area (Å²) in [7, 11) is -3.38. The van der Waals surface area contributed by atoms with Crippen molar-refractivity contribution in [3.63, 3.8) is 0 Å². The fourth-order valence-electron chi connectivity index (χ4n) is 3.13. The maximum Gasteiger partial charge on any atom is 0.204 e. The van der Waals surface area contributed by atoms with E-state index in [4.69, 9.17) is 5.26 Å². The Morgan fingerprint density at radius 1 is 1.18 bits per heavy atom. The van der Waals surface area contributed by atoms with Crippen molar-refractivity contribution < 1.29 is 13.2 Å². The quantitative estimate of drug-likeness (QED) is 0.615. The van der Waals surface area contributed by atoms with E-state index in [1.165, 1.54) is 29.7 Å². The average molecular weight is 409 g/mol. The molecule has 0 fully saturated rings. The van der Waals surface area contributed by atoms with Gasteiger partial charge >= 0.3 is 0 Å². The zero-order valence-electron chi connectivity index (χ0n) is 14.9. The molecule has 0 N–H and O–H groups in total. The Morgan fingerprint density at radius 2 is 1.96 bits per heavy atom. The average Bonchev–Trinajstić information content (AvgIpc) is 3.33. The van der Waals surface area contributed by atoms with Crippen molar-refractivity contribution in [3.05, 3.63) is 75.8 Å². The normalized spacial score (nSPS) is 13.2. The van der Waals surface area contributed by atoms with Crippen molar-refractivity contribution >= 4 is 32.1 Å². The smallest absolute Gasteiger partial charge is 0.204 e. The molecule has 1 aromatic heterocycles. The largest absolute Gasteiger partial charge is 0.339 e. The van der Waals surface area contributed by atoms with Gasteiger partial charge in [0.15, 0.2) is 15.0 Å². The predicted octanol–water partition coefficient (Wildman–Crippen LogP) is 3.17. The third-order valence-electron chi connectivity index (χ3n) is 4.57. The number of nitriles is 1. The first kappa shape index (κ1) is 18.3. The van der Waals surface area contributed by atoms with Crippen LogP contribution in [0.4, 0.5) is 5.13 Å². The summed E-state index contributed by atoms with van der Waals surface area (Å²) < 4.78 is 23.5. The van der Waals surface area contributed by atoms with Crippen molar-refractivity contribution in [1.82, 2.24) is 4.98 Å².